The quantitative estimate of drug-likeness (QED) is 0.477. The van der Waals surface area contributed by atoms with Gasteiger partial charge in [-0.15, -0.1) is 0 Å². The van der Waals surface area contributed by atoms with Crippen molar-refractivity contribution in [3.63, 3.8) is 0 Å². The Hall–Kier alpha value is -1.36. The van der Waals surface area contributed by atoms with Gasteiger partial charge in [0.1, 0.15) is 5.82 Å². The lowest BCUT2D eigenvalue weighted by molar-refractivity contribution is -0.137. The van der Waals surface area contributed by atoms with Gasteiger partial charge >= 0.3 is 6.18 Å². The van der Waals surface area contributed by atoms with Crippen molar-refractivity contribution in [2.75, 3.05) is 0 Å². The van der Waals surface area contributed by atoms with Crippen LogP contribution in [-0.2, 0) is 12.6 Å². The lowest BCUT2D eigenvalue weighted by atomic mass is 9.99. The van der Waals surface area contributed by atoms with Crippen molar-refractivity contribution >= 4 is 15.9 Å². The van der Waals surface area contributed by atoms with Crippen LogP contribution in [0.1, 0.15) is 27.1 Å². The minimum Gasteiger partial charge on any atom is -0.207 e. The molecule has 0 N–H and O–H groups in total. The Morgan fingerprint density at radius 1 is 1.10 bits per heavy atom. The minimum absolute atomic E-state index is 0.0214. The Morgan fingerprint density at radius 2 is 1.76 bits per heavy atom. The molecule has 1 unspecified atom stereocenters. The Kier molecular flexibility index (Phi) is 4.71. The van der Waals surface area contributed by atoms with Crippen LogP contribution >= 0.6 is 15.9 Å². The minimum atomic E-state index is -4.47. The van der Waals surface area contributed by atoms with Crippen LogP contribution in [0.4, 0.5) is 17.6 Å². The van der Waals surface area contributed by atoms with Gasteiger partial charge in [-0.1, -0.05) is 40.2 Å². The molecule has 0 heterocycles. The van der Waals surface area contributed by atoms with Gasteiger partial charge in [0.25, 0.3) is 0 Å². The standard InChI is InChI=1S/C16H13BrF4/c1-10-4-2-3-5-11(10)8-14(17)13-9-12(16(19,20)21)6-7-15(13)18/h2-7,9,14H,8H2,1H3. The third kappa shape index (κ3) is 3.84. The predicted molar refractivity (Wildman–Crippen MR) is 78.0 cm³/mol. The van der Waals surface area contributed by atoms with Crippen molar-refractivity contribution in [2.24, 2.45) is 0 Å². The van der Waals surface area contributed by atoms with Crippen LogP contribution in [0.2, 0.25) is 0 Å². The average Bonchev–Trinajstić information content (AvgIpc) is 2.40. The maximum Gasteiger partial charge on any atom is 0.416 e. The fourth-order valence-corrected chi connectivity index (χ4v) is 2.80. The van der Waals surface area contributed by atoms with Crippen molar-refractivity contribution in [1.82, 2.24) is 0 Å². The fourth-order valence-electron chi connectivity index (χ4n) is 2.10. The molecular formula is C16H13BrF4. The molecule has 1 atom stereocenters. The predicted octanol–water partition coefficient (Wildman–Crippen LogP) is 5.83. The van der Waals surface area contributed by atoms with Crippen LogP contribution in [0.25, 0.3) is 0 Å². The van der Waals surface area contributed by atoms with E-state index in [-0.39, 0.29) is 5.56 Å². The lowest BCUT2D eigenvalue weighted by Gasteiger charge is -2.15. The largest absolute Gasteiger partial charge is 0.416 e. The van der Waals surface area contributed by atoms with Gasteiger partial charge in [0.2, 0.25) is 0 Å². The molecule has 0 fully saturated rings. The van der Waals surface area contributed by atoms with Crippen molar-refractivity contribution in [3.05, 3.63) is 70.5 Å². The first kappa shape index (κ1) is 16.0. The highest BCUT2D eigenvalue weighted by atomic mass is 79.9. The number of alkyl halides is 4. The summed E-state index contributed by atoms with van der Waals surface area (Å²) in [5.41, 5.74) is 1.17. The van der Waals surface area contributed by atoms with E-state index in [4.69, 9.17) is 0 Å². The van der Waals surface area contributed by atoms with Gasteiger partial charge in [-0.3, -0.25) is 0 Å². The van der Waals surface area contributed by atoms with E-state index < -0.39 is 22.4 Å². The molecule has 112 valence electrons. The molecule has 0 aromatic heterocycles. The van der Waals surface area contributed by atoms with Crippen LogP contribution in [0.5, 0.6) is 0 Å². The zero-order chi connectivity index (χ0) is 15.6. The summed E-state index contributed by atoms with van der Waals surface area (Å²) in [5, 5.41) is 0. The van der Waals surface area contributed by atoms with Crippen molar-refractivity contribution < 1.29 is 17.6 Å². The summed E-state index contributed by atoms with van der Waals surface area (Å²) in [6.07, 6.45) is -4.05. The smallest absolute Gasteiger partial charge is 0.207 e. The van der Waals surface area contributed by atoms with Crippen LogP contribution in [-0.4, -0.2) is 0 Å². The first-order valence-electron chi connectivity index (χ1n) is 6.34. The van der Waals surface area contributed by atoms with E-state index in [2.05, 4.69) is 15.9 Å². The van der Waals surface area contributed by atoms with Gasteiger partial charge < -0.3 is 0 Å². The topological polar surface area (TPSA) is 0 Å². The molecule has 0 bridgehead atoms. The van der Waals surface area contributed by atoms with Crippen molar-refractivity contribution in [1.29, 1.82) is 0 Å². The monoisotopic (exact) mass is 360 g/mol. The Balaban J connectivity index is 2.31. The molecule has 0 aliphatic carbocycles. The highest BCUT2D eigenvalue weighted by Crippen LogP contribution is 2.35. The average molecular weight is 361 g/mol. The molecular weight excluding hydrogens is 348 g/mol. The first-order chi connectivity index (χ1) is 9.79. The molecule has 0 nitrogen and oxygen atoms in total. The maximum atomic E-state index is 13.8. The van der Waals surface area contributed by atoms with E-state index in [1.807, 2.05) is 31.2 Å². The second-order valence-corrected chi connectivity index (χ2v) is 5.94. The normalized spacial score (nSPS) is 13.2. The molecule has 0 spiro atoms. The highest BCUT2D eigenvalue weighted by molar-refractivity contribution is 9.09. The molecule has 2 rings (SSSR count). The van der Waals surface area contributed by atoms with E-state index in [0.29, 0.717) is 6.42 Å². The van der Waals surface area contributed by atoms with E-state index in [0.717, 1.165) is 29.3 Å². The van der Waals surface area contributed by atoms with E-state index in [1.54, 1.807) is 0 Å². The highest BCUT2D eigenvalue weighted by Gasteiger charge is 2.31. The fraction of sp³-hybridized carbons (Fsp3) is 0.250. The van der Waals surface area contributed by atoms with Crippen LogP contribution in [0.3, 0.4) is 0 Å². The van der Waals surface area contributed by atoms with Gasteiger partial charge in [0.05, 0.1) is 5.56 Å². The number of hydrogen-bond acceptors (Lipinski definition) is 0. The van der Waals surface area contributed by atoms with Crippen LogP contribution < -0.4 is 0 Å². The molecule has 5 heteroatoms. The van der Waals surface area contributed by atoms with Gasteiger partial charge in [-0.2, -0.15) is 13.2 Å². The first-order valence-corrected chi connectivity index (χ1v) is 7.26. The van der Waals surface area contributed by atoms with Gasteiger partial charge in [-0.25, -0.2) is 4.39 Å². The summed E-state index contributed by atoms with van der Waals surface area (Å²) in [5.74, 6) is -0.640. The number of rotatable bonds is 3. The number of benzene rings is 2. The maximum absolute atomic E-state index is 13.8. The molecule has 2 aromatic carbocycles. The number of aryl methyl sites for hydroxylation is 1. The molecule has 21 heavy (non-hydrogen) atoms. The SMILES string of the molecule is Cc1ccccc1CC(Br)c1cc(C(F)(F)F)ccc1F. The zero-order valence-electron chi connectivity index (χ0n) is 11.2. The summed E-state index contributed by atoms with van der Waals surface area (Å²) < 4.78 is 52.0. The molecule has 0 radical (unpaired) electrons. The molecule has 0 amide bonds. The molecule has 0 aliphatic heterocycles. The Morgan fingerprint density at radius 3 is 2.38 bits per heavy atom. The Bertz CT molecular complexity index is 634. The molecule has 0 saturated carbocycles. The van der Waals surface area contributed by atoms with E-state index in [9.17, 15) is 17.6 Å². The Labute approximate surface area is 128 Å². The summed E-state index contributed by atoms with van der Waals surface area (Å²) in [4.78, 5) is -0.513. The summed E-state index contributed by atoms with van der Waals surface area (Å²) in [7, 11) is 0. The second kappa shape index (κ2) is 6.18. The van der Waals surface area contributed by atoms with Crippen molar-refractivity contribution in [3.8, 4) is 0 Å². The van der Waals surface area contributed by atoms with Crippen LogP contribution in [0, 0.1) is 12.7 Å². The van der Waals surface area contributed by atoms with Gasteiger partial charge in [0, 0.05) is 10.4 Å². The molecule has 2 aromatic rings. The third-order valence-corrected chi connectivity index (χ3v) is 4.14. The summed E-state index contributed by atoms with van der Waals surface area (Å²) in [6.45, 7) is 1.91. The summed E-state index contributed by atoms with van der Waals surface area (Å²) in [6, 6.07) is 10.0. The van der Waals surface area contributed by atoms with Gasteiger partial charge in [0.15, 0.2) is 0 Å². The van der Waals surface area contributed by atoms with Crippen molar-refractivity contribution in [2.45, 2.75) is 24.3 Å². The second-order valence-electron chi connectivity index (χ2n) is 4.83. The van der Waals surface area contributed by atoms with E-state index in [1.165, 1.54) is 0 Å². The van der Waals surface area contributed by atoms with Gasteiger partial charge in [-0.05, 0) is 42.7 Å². The lowest BCUT2D eigenvalue weighted by Crippen LogP contribution is -2.08. The number of halogens is 5. The van der Waals surface area contributed by atoms with Crippen LogP contribution in [0.15, 0.2) is 42.5 Å². The zero-order valence-corrected chi connectivity index (χ0v) is 12.8. The van der Waals surface area contributed by atoms with E-state index >= 15 is 0 Å². The summed E-state index contributed by atoms with van der Waals surface area (Å²) >= 11 is 3.30. The number of hydrogen-bond donors (Lipinski definition) is 0. The third-order valence-electron chi connectivity index (χ3n) is 3.32. The molecule has 0 saturated heterocycles. The molecule has 0 aliphatic rings.